The van der Waals surface area contributed by atoms with Gasteiger partial charge in [0.1, 0.15) is 0 Å². The molecule has 0 atom stereocenters. The largest absolute Gasteiger partial charge is 0.469 e. The summed E-state index contributed by atoms with van der Waals surface area (Å²) in [4.78, 5) is 30.9. The van der Waals surface area contributed by atoms with Gasteiger partial charge < -0.3 is 14.2 Å². The summed E-state index contributed by atoms with van der Waals surface area (Å²) in [7, 11) is 2.73. The molecule has 0 aromatic heterocycles. The van der Waals surface area contributed by atoms with Crippen molar-refractivity contribution >= 4 is 55.8 Å². The average molecular weight is 403 g/mol. The van der Waals surface area contributed by atoms with Crippen LogP contribution < -0.4 is 0 Å². The number of methoxy groups -OCH3 is 2. The fourth-order valence-corrected chi connectivity index (χ4v) is 1.43. The highest BCUT2D eigenvalue weighted by Gasteiger charge is 1.98. The first-order valence-corrected chi connectivity index (χ1v) is 9.44. The monoisotopic (exact) mass is 402 g/mol. The maximum atomic E-state index is 10.6. The van der Waals surface area contributed by atoms with Gasteiger partial charge in [-0.2, -0.15) is 37.9 Å². The molecule has 0 rings (SSSR count). The minimum Gasteiger partial charge on any atom is -0.469 e. The molecule has 0 heterocycles. The second kappa shape index (κ2) is 24.7. The summed E-state index contributed by atoms with van der Waals surface area (Å²) in [6.45, 7) is 2.62. The van der Waals surface area contributed by atoms with Gasteiger partial charge in [-0.15, -0.1) is 0 Å². The van der Waals surface area contributed by atoms with Crippen molar-refractivity contribution in [3.05, 3.63) is 0 Å². The van der Waals surface area contributed by atoms with E-state index in [-0.39, 0.29) is 17.9 Å². The van der Waals surface area contributed by atoms with Gasteiger partial charge in [0.25, 0.3) is 0 Å². The number of hydrogen-bond acceptors (Lipinski definition) is 9. The Morgan fingerprint density at radius 1 is 0.750 bits per heavy atom. The van der Waals surface area contributed by atoms with Gasteiger partial charge in [-0.1, -0.05) is 13.3 Å². The zero-order valence-electron chi connectivity index (χ0n) is 14.7. The number of unbranched alkanes of at least 4 members (excludes halogenated alkanes) is 1. The second-order valence-corrected chi connectivity index (χ2v) is 5.49. The number of thiol groups is 3. The lowest BCUT2D eigenvalue weighted by Gasteiger charge is -2.00. The summed E-state index contributed by atoms with van der Waals surface area (Å²) in [5.74, 6) is 1.16. The number of ether oxygens (including phenoxy) is 3. The van der Waals surface area contributed by atoms with E-state index < -0.39 is 0 Å². The molecule has 9 heteroatoms. The van der Waals surface area contributed by atoms with Gasteiger partial charge in [-0.05, 0) is 6.42 Å². The van der Waals surface area contributed by atoms with Crippen LogP contribution >= 0.6 is 37.9 Å². The molecule has 0 aliphatic heterocycles. The van der Waals surface area contributed by atoms with Crippen molar-refractivity contribution in [2.75, 3.05) is 38.1 Å². The lowest BCUT2D eigenvalue weighted by molar-refractivity contribution is -0.143. The Hall–Kier alpha value is -0.540. The predicted octanol–water partition coefficient (Wildman–Crippen LogP) is 2.61. The van der Waals surface area contributed by atoms with E-state index in [4.69, 9.17) is 4.74 Å². The fourth-order valence-electron chi connectivity index (χ4n) is 0.880. The molecule has 144 valence electrons. The van der Waals surface area contributed by atoms with Crippen molar-refractivity contribution in [3.8, 4) is 0 Å². The van der Waals surface area contributed by atoms with E-state index in [9.17, 15) is 14.4 Å². The Morgan fingerprint density at radius 2 is 1.12 bits per heavy atom. The van der Waals surface area contributed by atoms with Crippen LogP contribution in [-0.4, -0.2) is 56.0 Å². The molecule has 0 aliphatic rings. The molecular formula is C15H30O6S3. The molecular weight excluding hydrogens is 372 g/mol. The smallest absolute Gasteiger partial charge is 0.306 e. The molecule has 0 radical (unpaired) electrons. The minimum atomic E-state index is -0.199. The van der Waals surface area contributed by atoms with Gasteiger partial charge in [-0.25, -0.2) is 0 Å². The highest BCUT2D eigenvalue weighted by atomic mass is 32.1. The predicted molar refractivity (Wildman–Crippen MR) is 105 cm³/mol. The number of esters is 3. The second-order valence-electron chi connectivity index (χ2n) is 4.15. The summed E-state index contributed by atoms with van der Waals surface area (Å²) >= 11 is 11.5. The van der Waals surface area contributed by atoms with Crippen LogP contribution in [0.3, 0.4) is 0 Å². The van der Waals surface area contributed by atoms with Crippen molar-refractivity contribution < 1.29 is 28.6 Å². The van der Waals surface area contributed by atoms with E-state index in [0.29, 0.717) is 43.1 Å². The molecule has 0 saturated carbocycles. The van der Waals surface area contributed by atoms with Crippen LogP contribution in [0.5, 0.6) is 0 Å². The number of carbonyl (C=O) groups excluding carboxylic acids is 3. The lowest BCUT2D eigenvalue weighted by atomic mass is 10.4. The Kier molecular flexibility index (Phi) is 29.1. The van der Waals surface area contributed by atoms with Crippen molar-refractivity contribution in [1.29, 1.82) is 0 Å². The van der Waals surface area contributed by atoms with Crippen LogP contribution in [0.25, 0.3) is 0 Å². The van der Waals surface area contributed by atoms with Gasteiger partial charge >= 0.3 is 17.9 Å². The third kappa shape index (κ3) is 29.5. The summed E-state index contributed by atoms with van der Waals surface area (Å²) in [6.07, 6.45) is 3.25. The Balaban J connectivity index is -0.000000283. The van der Waals surface area contributed by atoms with Gasteiger partial charge in [-0.3, -0.25) is 14.4 Å². The standard InChI is InChI=1S/C7H14O2S.2C4H8O2S/c1-2-3-5-9-7(8)4-6-10;2*1-6-4(5)2-3-7/h10H,2-6H2,1H3;2*7H,2-3H2,1H3. The number of carbonyl (C=O) groups is 3. The van der Waals surface area contributed by atoms with E-state index in [1.54, 1.807) is 0 Å². The molecule has 0 saturated heterocycles. The Labute approximate surface area is 161 Å². The van der Waals surface area contributed by atoms with Crippen LogP contribution in [-0.2, 0) is 28.6 Å². The third-order valence-corrected chi connectivity index (χ3v) is 2.83. The highest BCUT2D eigenvalue weighted by molar-refractivity contribution is 7.80. The first-order valence-electron chi connectivity index (χ1n) is 7.55. The van der Waals surface area contributed by atoms with Crippen LogP contribution in [0.2, 0.25) is 0 Å². The summed E-state index contributed by atoms with van der Waals surface area (Å²) in [5, 5.41) is 0. The van der Waals surface area contributed by atoms with E-state index in [0.717, 1.165) is 12.8 Å². The zero-order valence-corrected chi connectivity index (χ0v) is 17.3. The van der Waals surface area contributed by atoms with Crippen molar-refractivity contribution in [3.63, 3.8) is 0 Å². The highest BCUT2D eigenvalue weighted by Crippen LogP contribution is 1.92. The zero-order chi connectivity index (χ0) is 19.2. The molecule has 0 spiro atoms. The SMILES string of the molecule is CCCCOC(=O)CCS.COC(=O)CCS.COC(=O)CCS. The van der Waals surface area contributed by atoms with Gasteiger partial charge in [0.05, 0.1) is 40.1 Å². The number of hydrogen-bond donors (Lipinski definition) is 3. The molecule has 0 bridgehead atoms. The third-order valence-electron chi connectivity index (χ3n) is 2.16. The van der Waals surface area contributed by atoms with Crippen LogP contribution in [0.1, 0.15) is 39.0 Å². The molecule has 6 nitrogen and oxygen atoms in total. The minimum absolute atomic E-state index is 0.136. The molecule has 0 aromatic carbocycles. The van der Waals surface area contributed by atoms with Gasteiger partial charge in [0.15, 0.2) is 0 Å². The summed E-state index contributed by atoms with van der Waals surface area (Å²) in [5.41, 5.74) is 0. The van der Waals surface area contributed by atoms with Crippen LogP contribution in [0.4, 0.5) is 0 Å². The first kappa shape index (κ1) is 28.3. The Bertz CT molecular complexity index is 296. The van der Waals surface area contributed by atoms with Gasteiger partial charge in [0.2, 0.25) is 0 Å². The molecule has 0 amide bonds. The quantitative estimate of drug-likeness (QED) is 0.238. The van der Waals surface area contributed by atoms with E-state index in [2.05, 4.69) is 54.3 Å². The van der Waals surface area contributed by atoms with E-state index in [1.165, 1.54) is 14.2 Å². The van der Waals surface area contributed by atoms with Crippen LogP contribution in [0.15, 0.2) is 0 Å². The lowest BCUT2D eigenvalue weighted by Crippen LogP contribution is -2.05. The van der Waals surface area contributed by atoms with Gasteiger partial charge in [0, 0.05) is 17.3 Å². The fraction of sp³-hybridized carbons (Fsp3) is 0.800. The van der Waals surface area contributed by atoms with Crippen molar-refractivity contribution in [2.24, 2.45) is 0 Å². The van der Waals surface area contributed by atoms with Crippen molar-refractivity contribution in [1.82, 2.24) is 0 Å². The van der Waals surface area contributed by atoms with E-state index in [1.807, 2.05) is 0 Å². The molecule has 0 N–H and O–H groups in total. The van der Waals surface area contributed by atoms with Crippen molar-refractivity contribution in [2.45, 2.75) is 39.0 Å². The normalized spacial score (nSPS) is 8.75. The molecule has 24 heavy (non-hydrogen) atoms. The Morgan fingerprint density at radius 3 is 1.38 bits per heavy atom. The first-order chi connectivity index (χ1) is 11.4. The molecule has 0 aliphatic carbocycles. The van der Waals surface area contributed by atoms with Crippen LogP contribution in [0, 0.1) is 0 Å². The van der Waals surface area contributed by atoms with E-state index >= 15 is 0 Å². The summed E-state index contributed by atoms with van der Waals surface area (Å²) < 4.78 is 13.4. The molecule has 0 unspecified atom stereocenters. The average Bonchev–Trinajstić information content (AvgIpc) is 2.57. The summed E-state index contributed by atoms with van der Waals surface area (Å²) in [6, 6.07) is 0. The molecule has 0 fully saturated rings. The number of rotatable bonds is 9. The maximum absolute atomic E-state index is 10.6. The topological polar surface area (TPSA) is 78.9 Å². The molecule has 0 aromatic rings. The maximum Gasteiger partial charge on any atom is 0.306 e.